The van der Waals surface area contributed by atoms with Gasteiger partial charge in [0.05, 0.1) is 25.3 Å². The highest BCUT2D eigenvalue weighted by Crippen LogP contribution is 2.33. The smallest absolute Gasteiger partial charge is 0.229 e. The molecule has 6 nitrogen and oxygen atoms in total. The lowest BCUT2D eigenvalue weighted by atomic mass is 10.1. The van der Waals surface area contributed by atoms with Crippen LogP contribution in [0.15, 0.2) is 48.9 Å². The lowest BCUT2D eigenvalue weighted by molar-refractivity contribution is -0.147. The summed E-state index contributed by atoms with van der Waals surface area (Å²) in [6.45, 7) is 1.18. The van der Waals surface area contributed by atoms with Crippen molar-refractivity contribution in [3.05, 3.63) is 54.6 Å². The van der Waals surface area contributed by atoms with Gasteiger partial charge in [0.1, 0.15) is 18.0 Å². The van der Waals surface area contributed by atoms with Gasteiger partial charge < -0.3 is 14.4 Å². The van der Waals surface area contributed by atoms with Crippen molar-refractivity contribution in [3.63, 3.8) is 0 Å². The van der Waals surface area contributed by atoms with Crippen LogP contribution in [0.4, 0.5) is 0 Å². The van der Waals surface area contributed by atoms with Crippen molar-refractivity contribution >= 4 is 5.91 Å². The molecule has 1 saturated heterocycles. The fraction of sp³-hybridized carbons (Fsp3) is 0.421. The number of morpholine rings is 1. The van der Waals surface area contributed by atoms with Crippen LogP contribution in [0.1, 0.15) is 18.5 Å². The molecule has 3 heterocycles. The highest BCUT2D eigenvalue weighted by atomic mass is 16.5. The highest BCUT2D eigenvalue weighted by molar-refractivity contribution is 5.79. The number of amides is 1. The van der Waals surface area contributed by atoms with Crippen LogP contribution in [0.5, 0.6) is 5.75 Å². The zero-order valence-electron chi connectivity index (χ0n) is 14.0. The second-order valence-corrected chi connectivity index (χ2v) is 6.41. The summed E-state index contributed by atoms with van der Waals surface area (Å²) in [5.74, 6) is 0.854. The van der Waals surface area contributed by atoms with Crippen molar-refractivity contribution < 1.29 is 14.3 Å². The molecule has 25 heavy (non-hydrogen) atoms. The minimum absolute atomic E-state index is 0.0420. The summed E-state index contributed by atoms with van der Waals surface area (Å²) in [6, 6.07) is 9.48. The van der Waals surface area contributed by atoms with Crippen molar-refractivity contribution in [1.29, 1.82) is 0 Å². The van der Waals surface area contributed by atoms with Crippen LogP contribution in [0.2, 0.25) is 0 Å². The van der Waals surface area contributed by atoms with Crippen molar-refractivity contribution in [2.24, 2.45) is 0 Å². The fourth-order valence-corrected chi connectivity index (χ4v) is 3.70. The molecule has 2 aliphatic rings. The van der Waals surface area contributed by atoms with E-state index in [1.807, 2.05) is 35.2 Å². The molecule has 4 rings (SSSR count). The second-order valence-electron chi connectivity index (χ2n) is 6.41. The van der Waals surface area contributed by atoms with Crippen LogP contribution < -0.4 is 4.74 Å². The zero-order valence-corrected chi connectivity index (χ0v) is 14.0. The Bertz CT molecular complexity index is 710. The average Bonchev–Trinajstić information content (AvgIpc) is 3.06. The van der Waals surface area contributed by atoms with Crippen molar-refractivity contribution in [2.45, 2.75) is 37.5 Å². The van der Waals surface area contributed by atoms with E-state index in [0.717, 1.165) is 24.3 Å². The van der Waals surface area contributed by atoms with Crippen LogP contribution >= 0.6 is 0 Å². The predicted octanol–water partition coefficient (Wildman–Crippen LogP) is 1.86. The van der Waals surface area contributed by atoms with Gasteiger partial charge in [0, 0.05) is 24.6 Å². The summed E-state index contributed by atoms with van der Waals surface area (Å²) in [7, 11) is 0. The Kier molecular flexibility index (Phi) is 4.61. The van der Waals surface area contributed by atoms with Gasteiger partial charge >= 0.3 is 0 Å². The Morgan fingerprint density at radius 3 is 3.00 bits per heavy atom. The first-order valence-electron chi connectivity index (χ1n) is 8.69. The minimum atomic E-state index is -0.0818. The number of carbonyl (C=O) groups is 1. The SMILES string of the molecule is O=C(Cc1ccccn1)N1CCO[C@@H]2[C@@H](Oc3cccnc3)CC[C@H]21. The van der Waals surface area contributed by atoms with E-state index in [4.69, 9.17) is 9.47 Å². The third-order valence-electron chi connectivity index (χ3n) is 4.84. The van der Waals surface area contributed by atoms with E-state index in [2.05, 4.69) is 9.97 Å². The van der Waals surface area contributed by atoms with Gasteiger partial charge in [-0.3, -0.25) is 14.8 Å². The number of nitrogens with zero attached hydrogens (tertiary/aromatic N) is 3. The summed E-state index contributed by atoms with van der Waals surface area (Å²) in [5, 5.41) is 0. The van der Waals surface area contributed by atoms with Crippen LogP contribution in [0.25, 0.3) is 0 Å². The summed E-state index contributed by atoms with van der Waals surface area (Å²) < 4.78 is 12.0. The largest absolute Gasteiger partial charge is 0.486 e. The normalized spacial score (nSPS) is 25.4. The van der Waals surface area contributed by atoms with Gasteiger partial charge in [0.2, 0.25) is 5.91 Å². The molecule has 1 saturated carbocycles. The molecule has 0 N–H and O–H groups in total. The first kappa shape index (κ1) is 16.0. The van der Waals surface area contributed by atoms with E-state index >= 15 is 0 Å². The molecule has 0 unspecified atom stereocenters. The van der Waals surface area contributed by atoms with E-state index < -0.39 is 0 Å². The third-order valence-corrected chi connectivity index (χ3v) is 4.84. The molecule has 0 aromatic carbocycles. The topological polar surface area (TPSA) is 64.6 Å². The molecule has 2 fully saturated rings. The first-order valence-corrected chi connectivity index (χ1v) is 8.69. The molecule has 2 aromatic heterocycles. The third kappa shape index (κ3) is 3.49. The monoisotopic (exact) mass is 339 g/mol. The molecule has 3 atom stereocenters. The molecule has 0 spiro atoms. The number of carbonyl (C=O) groups excluding carboxylic acids is 1. The maximum Gasteiger partial charge on any atom is 0.229 e. The van der Waals surface area contributed by atoms with Gasteiger partial charge in [-0.05, 0) is 37.1 Å². The number of fused-ring (bicyclic) bond motifs is 1. The summed E-state index contributed by atoms with van der Waals surface area (Å²) in [4.78, 5) is 23.1. The van der Waals surface area contributed by atoms with Crippen molar-refractivity contribution in [1.82, 2.24) is 14.9 Å². The van der Waals surface area contributed by atoms with Gasteiger partial charge in [0.15, 0.2) is 0 Å². The summed E-state index contributed by atoms with van der Waals surface area (Å²) in [6.07, 6.45) is 7.12. The van der Waals surface area contributed by atoms with Crippen LogP contribution in [0.3, 0.4) is 0 Å². The lowest BCUT2D eigenvalue weighted by Crippen LogP contribution is -2.54. The van der Waals surface area contributed by atoms with Gasteiger partial charge in [-0.1, -0.05) is 6.07 Å². The predicted molar refractivity (Wildman–Crippen MR) is 91.1 cm³/mol. The molecule has 0 radical (unpaired) electrons. The van der Waals surface area contributed by atoms with E-state index in [9.17, 15) is 4.79 Å². The van der Waals surface area contributed by atoms with Crippen molar-refractivity contribution in [2.75, 3.05) is 13.2 Å². The summed E-state index contributed by atoms with van der Waals surface area (Å²) >= 11 is 0. The molecule has 1 amide bonds. The number of hydrogen-bond acceptors (Lipinski definition) is 5. The van der Waals surface area contributed by atoms with E-state index in [-0.39, 0.29) is 24.2 Å². The van der Waals surface area contributed by atoms with Crippen molar-refractivity contribution in [3.8, 4) is 5.75 Å². The maximum atomic E-state index is 12.8. The Morgan fingerprint density at radius 1 is 1.24 bits per heavy atom. The average molecular weight is 339 g/mol. The van der Waals surface area contributed by atoms with Crippen LogP contribution in [-0.4, -0.2) is 52.2 Å². The van der Waals surface area contributed by atoms with Crippen LogP contribution in [-0.2, 0) is 16.0 Å². The zero-order chi connectivity index (χ0) is 17.1. The molecule has 1 aliphatic carbocycles. The molecule has 0 bridgehead atoms. The standard InChI is InChI=1S/C19H21N3O3/c23-18(12-14-4-1-2-9-21-14)22-10-11-24-19-16(22)6-7-17(19)25-15-5-3-8-20-13-15/h1-5,8-9,13,16-17,19H,6-7,10-12H2/t16-,17+,19+/m1/s1. The lowest BCUT2D eigenvalue weighted by Gasteiger charge is -2.39. The van der Waals surface area contributed by atoms with E-state index in [0.29, 0.717) is 19.6 Å². The van der Waals surface area contributed by atoms with E-state index in [1.165, 1.54) is 0 Å². The molecule has 130 valence electrons. The highest BCUT2D eigenvalue weighted by Gasteiger charge is 2.45. The van der Waals surface area contributed by atoms with Gasteiger partial charge in [-0.2, -0.15) is 0 Å². The molecule has 6 heteroatoms. The Labute approximate surface area is 146 Å². The number of rotatable bonds is 4. The Balaban J connectivity index is 1.43. The van der Waals surface area contributed by atoms with Gasteiger partial charge in [0.25, 0.3) is 0 Å². The fourth-order valence-electron chi connectivity index (χ4n) is 3.70. The van der Waals surface area contributed by atoms with Gasteiger partial charge in [-0.25, -0.2) is 0 Å². The molecular weight excluding hydrogens is 318 g/mol. The second kappa shape index (κ2) is 7.19. The number of hydrogen-bond donors (Lipinski definition) is 0. The van der Waals surface area contributed by atoms with Gasteiger partial charge in [-0.15, -0.1) is 0 Å². The molecule has 1 aliphatic heterocycles. The molecule has 2 aromatic rings. The number of aromatic nitrogens is 2. The number of ether oxygens (including phenoxy) is 2. The maximum absolute atomic E-state index is 12.8. The quantitative estimate of drug-likeness (QED) is 0.851. The Morgan fingerprint density at radius 2 is 2.20 bits per heavy atom. The van der Waals surface area contributed by atoms with Crippen LogP contribution in [0, 0.1) is 0 Å². The summed E-state index contributed by atoms with van der Waals surface area (Å²) in [5.41, 5.74) is 0.802. The minimum Gasteiger partial charge on any atom is -0.486 e. The van der Waals surface area contributed by atoms with E-state index in [1.54, 1.807) is 18.6 Å². The first-order chi connectivity index (χ1) is 12.3. The Hall–Kier alpha value is -2.47. The number of pyridine rings is 2. The molecular formula is C19H21N3O3.